The van der Waals surface area contributed by atoms with Crippen LogP contribution in [-0.4, -0.2) is 23.8 Å². The van der Waals surface area contributed by atoms with Crippen LogP contribution >= 0.6 is 0 Å². The highest BCUT2D eigenvalue weighted by atomic mass is 16.5. The number of nitrogens with zero attached hydrogens (tertiary/aromatic N) is 2. The minimum atomic E-state index is -0.329. The molecule has 1 atom stereocenters. The lowest BCUT2D eigenvalue weighted by Crippen LogP contribution is -2.14. The second-order valence-corrected chi connectivity index (χ2v) is 4.17. The van der Waals surface area contributed by atoms with E-state index in [1.165, 1.54) is 5.56 Å². The van der Waals surface area contributed by atoms with Crippen LogP contribution in [0, 0.1) is 6.92 Å². The standard InChI is InChI=1S/C13H17N3O2/c1-9-3-5-10(6-4-9)7-12-15-13(18-16-12)11(8-14)17-2/h3-6,11H,7-8,14H2,1-2H3. The van der Waals surface area contributed by atoms with E-state index in [9.17, 15) is 0 Å². The van der Waals surface area contributed by atoms with E-state index in [4.69, 9.17) is 15.0 Å². The average molecular weight is 247 g/mol. The SMILES string of the molecule is COC(CN)c1nc(Cc2ccc(C)cc2)no1. The second-order valence-electron chi connectivity index (χ2n) is 4.17. The van der Waals surface area contributed by atoms with Gasteiger partial charge in [0, 0.05) is 20.1 Å². The predicted octanol–water partition coefficient (Wildman–Crippen LogP) is 1.62. The van der Waals surface area contributed by atoms with Gasteiger partial charge < -0.3 is 15.0 Å². The molecule has 0 saturated carbocycles. The number of rotatable bonds is 5. The molecular formula is C13H17N3O2. The predicted molar refractivity (Wildman–Crippen MR) is 67.1 cm³/mol. The molecule has 2 rings (SSSR count). The quantitative estimate of drug-likeness (QED) is 0.869. The molecule has 0 amide bonds. The maximum absolute atomic E-state index is 5.54. The largest absolute Gasteiger partial charge is 0.370 e. The van der Waals surface area contributed by atoms with Crippen LogP contribution in [0.25, 0.3) is 0 Å². The zero-order chi connectivity index (χ0) is 13.0. The van der Waals surface area contributed by atoms with Crippen molar-refractivity contribution < 1.29 is 9.26 Å². The Kier molecular flexibility index (Phi) is 4.07. The van der Waals surface area contributed by atoms with E-state index in [1.54, 1.807) is 7.11 Å². The number of ether oxygens (including phenoxy) is 1. The highest BCUT2D eigenvalue weighted by molar-refractivity contribution is 5.23. The second kappa shape index (κ2) is 5.75. The summed E-state index contributed by atoms with van der Waals surface area (Å²) >= 11 is 0. The molecule has 0 saturated heterocycles. The number of methoxy groups -OCH3 is 1. The third kappa shape index (κ3) is 2.94. The summed E-state index contributed by atoms with van der Waals surface area (Å²) in [5, 5.41) is 3.93. The van der Waals surface area contributed by atoms with Crippen LogP contribution in [0.5, 0.6) is 0 Å². The lowest BCUT2D eigenvalue weighted by molar-refractivity contribution is 0.0804. The molecule has 2 N–H and O–H groups in total. The summed E-state index contributed by atoms with van der Waals surface area (Å²) in [5.74, 6) is 1.08. The van der Waals surface area contributed by atoms with Gasteiger partial charge in [-0.2, -0.15) is 4.98 Å². The molecule has 96 valence electrons. The van der Waals surface area contributed by atoms with Gasteiger partial charge in [-0.05, 0) is 12.5 Å². The molecule has 1 aromatic heterocycles. The lowest BCUT2D eigenvalue weighted by atomic mass is 10.1. The number of hydrogen-bond donors (Lipinski definition) is 1. The third-order valence-corrected chi connectivity index (χ3v) is 2.74. The Morgan fingerprint density at radius 1 is 1.33 bits per heavy atom. The maximum atomic E-state index is 5.54. The van der Waals surface area contributed by atoms with E-state index < -0.39 is 0 Å². The van der Waals surface area contributed by atoms with Crippen molar-refractivity contribution in [2.45, 2.75) is 19.4 Å². The summed E-state index contributed by atoms with van der Waals surface area (Å²) in [6, 6.07) is 8.24. The van der Waals surface area contributed by atoms with Crippen molar-refractivity contribution in [2.75, 3.05) is 13.7 Å². The molecule has 0 bridgehead atoms. The summed E-state index contributed by atoms with van der Waals surface area (Å²) in [6.45, 7) is 2.38. The Morgan fingerprint density at radius 3 is 2.67 bits per heavy atom. The molecule has 0 radical (unpaired) electrons. The van der Waals surface area contributed by atoms with Gasteiger partial charge in [0.2, 0.25) is 0 Å². The van der Waals surface area contributed by atoms with Gasteiger partial charge in [-0.25, -0.2) is 0 Å². The van der Waals surface area contributed by atoms with Crippen molar-refractivity contribution in [3.63, 3.8) is 0 Å². The number of nitrogens with two attached hydrogens (primary N) is 1. The molecule has 0 aliphatic rings. The van der Waals surface area contributed by atoms with Gasteiger partial charge in [-0.15, -0.1) is 0 Å². The first-order valence-electron chi connectivity index (χ1n) is 5.84. The van der Waals surface area contributed by atoms with Gasteiger partial charge in [0.1, 0.15) is 6.10 Å². The molecule has 0 fully saturated rings. The zero-order valence-electron chi connectivity index (χ0n) is 10.6. The molecule has 5 heteroatoms. The Morgan fingerprint density at radius 2 is 2.06 bits per heavy atom. The highest BCUT2D eigenvalue weighted by Crippen LogP contribution is 2.14. The van der Waals surface area contributed by atoms with E-state index in [-0.39, 0.29) is 6.10 Å². The normalized spacial score (nSPS) is 12.6. The van der Waals surface area contributed by atoms with Crippen LogP contribution in [0.1, 0.15) is 28.9 Å². The summed E-state index contributed by atoms with van der Waals surface area (Å²) in [6.07, 6.45) is 0.314. The third-order valence-electron chi connectivity index (χ3n) is 2.74. The van der Waals surface area contributed by atoms with Crippen molar-refractivity contribution in [1.82, 2.24) is 10.1 Å². The van der Waals surface area contributed by atoms with Crippen molar-refractivity contribution in [3.05, 3.63) is 47.1 Å². The topological polar surface area (TPSA) is 74.2 Å². The number of hydrogen-bond acceptors (Lipinski definition) is 5. The minimum absolute atomic E-state index is 0.322. The van der Waals surface area contributed by atoms with Gasteiger partial charge in [0.25, 0.3) is 5.89 Å². The fraction of sp³-hybridized carbons (Fsp3) is 0.385. The monoisotopic (exact) mass is 247 g/mol. The first-order chi connectivity index (χ1) is 8.72. The number of aryl methyl sites for hydroxylation is 1. The molecule has 0 aliphatic heterocycles. The smallest absolute Gasteiger partial charge is 0.257 e. The lowest BCUT2D eigenvalue weighted by Gasteiger charge is -2.05. The number of benzene rings is 1. The fourth-order valence-corrected chi connectivity index (χ4v) is 1.66. The summed E-state index contributed by atoms with van der Waals surface area (Å²) in [5.41, 5.74) is 7.92. The Bertz CT molecular complexity index is 489. The molecule has 18 heavy (non-hydrogen) atoms. The Hall–Kier alpha value is -1.72. The van der Waals surface area contributed by atoms with Gasteiger partial charge >= 0.3 is 0 Å². The highest BCUT2D eigenvalue weighted by Gasteiger charge is 2.16. The van der Waals surface area contributed by atoms with E-state index in [0.29, 0.717) is 24.7 Å². The molecule has 1 heterocycles. The van der Waals surface area contributed by atoms with E-state index in [1.807, 2.05) is 0 Å². The van der Waals surface area contributed by atoms with E-state index in [2.05, 4.69) is 41.3 Å². The van der Waals surface area contributed by atoms with Gasteiger partial charge in [0.15, 0.2) is 5.82 Å². The summed E-state index contributed by atoms with van der Waals surface area (Å²) in [4.78, 5) is 4.29. The van der Waals surface area contributed by atoms with Crippen molar-refractivity contribution in [3.8, 4) is 0 Å². The van der Waals surface area contributed by atoms with Crippen molar-refractivity contribution >= 4 is 0 Å². The zero-order valence-corrected chi connectivity index (χ0v) is 10.6. The molecular weight excluding hydrogens is 230 g/mol. The summed E-state index contributed by atoms with van der Waals surface area (Å²) in [7, 11) is 1.57. The van der Waals surface area contributed by atoms with Crippen LogP contribution in [0.3, 0.4) is 0 Å². The first-order valence-corrected chi connectivity index (χ1v) is 5.84. The van der Waals surface area contributed by atoms with Crippen LogP contribution in [0.4, 0.5) is 0 Å². The minimum Gasteiger partial charge on any atom is -0.370 e. The molecule has 1 aromatic carbocycles. The molecule has 0 aliphatic carbocycles. The number of aromatic nitrogens is 2. The molecule has 1 unspecified atom stereocenters. The first kappa shape index (κ1) is 12.7. The van der Waals surface area contributed by atoms with Crippen LogP contribution in [0.15, 0.2) is 28.8 Å². The van der Waals surface area contributed by atoms with E-state index >= 15 is 0 Å². The maximum Gasteiger partial charge on any atom is 0.257 e. The van der Waals surface area contributed by atoms with Gasteiger partial charge in [0.05, 0.1) is 0 Å². The van der Waals surface area contributed by atoms with Crippen LogP contribution in [0.2, 0.25) is 0 Å². The Balaban J connectivity index is 2.08. The molecule has 0 spiro atoms. The van der Waals surface area contributed by atoms with Gasteiger partial charge in [-0.1, -0.05) is 35.0 Å². The van der Waals surface area contributed by atoms with Gasteiger partial charge in [-0.3, -0.25) is 0 Å². The van der Waals surface area contributed by atoms with Crippen LogP contribution < -0.4 is 5.73 Å². The van der Waals surface area contributed by atoms with Crippen molar-refractivity contribution in [2.24, 2.45) is 5.73 Å². The summed E-state index contributed by atoms with van der Waals surface area (Å²) < 4.78 is 10.3. The fourth-order valence-electron chi connectivity index (χ4n) is 1.66. The van der Waals surface area contributed by atoms with E-state index in [0.717, 1.165) is 5.56 Å². The van der Waals surface area contributed by atoms with Crippen molar-refractivity contribution in [1.29, 1.82) is 0 Å². The molecule has 5 nitrogen and oxygen atoms in total. The average Bonchev–Trinajstić information content (AvgIpc) is 2.82. The Labute approximate surface area is 106 Å². The van der Waals surface area contributed by atoms with Crippen LogP contribution in [-0.2, 0) is 11.2 Å². The molecule has 2 aromatic rings.